The summed E-state index contributed by atoms with van der Waals surface area (Å²) in [5.74, 6) is 0.0611. The quantitative estimate of drug-likeness (QED) is 0.341. The van der Waals surface area contributed by atoms with Crippen LogP contribution in [-0.4, -0.2) is 20.0 Å². The molecule has 19 heavy (non-hydrogen) atoms. The monoisotopic (exact) mass is 283 g/mol. The Labute approximate surface area is 116 Å². The molecule has 0 aliphatic carbocycles. The molecule has 0 saturated heterocycles. The smallest absolute Gasteiger partial charge is 0.170 e. The molecule has 6 heteroatoms. The van der Waals surface area contributed by atoms with Gasteiger partial charge in [0, 0.05) is 11.6 Å². The van der Waals surface area contributed by atoms with E-state index < -0.39 is 11.0 Å². The molecule has 0 aliphatic rings. The second-order valence-electron chi connectivity index (χ2n) is 5.33. The van der Waals surface area contributed by atoms with Crippen LogP contribution in [0.3, 0.4) is 0 Å². The number of nitrogens with zero attached hydrogens (tertiary/aromatic N) is 1. The number of nitrogens with one attached hydrogen (secondary N) is 1. The van der Waals surface area contributed by atoms with Crippen molar-refractivity contribution in [3.8, 4) is 0 Å². The first kappa shape index (κ1) is 15.7. The molecule has 5 nitrogen and oxygen atoms in total. The summed E-state index contributed by atoms with van der Waals surface area (Å²) in [5, 5.41) is 11.6. The molecule has 2 atom stereocenters. The summed E-state index contributed by atoms with van der Waals surface area (Å²) in [7, 11) is -1.15. The van der Waals surface area contributed by atoms with E-state index in [1.807, 2.05) is 45.9 Å². The number of amidine groups is 1. The van der Waals surface area contributed by atoms with Crippen LogP contribution in [0, 0.1) is 0 Å². The minimum Gasteiger partial charge on any atom is -0.409 e. The topological polar surface area (TPSA) is 87.7 Å². The lowest BCUT2D eigenvalue weighted by Gasteiger charge is -2.22. The Kier molecular flexibility index (Phi) is 5.08. The maximum Gasteiger partial charge on any atom is 0.170 e. The normalized spacial score (nSPS) is 16.1. The highest BCUT2D eigenvalue weighted by molar-refractivity contribution is 7.84. The van der Waals surface area contributed by atoms with Crippen LogP contribution in [0.1, 0.15) is 44.9 Å². The molecule has 106 valence electrons. The molecule has 0 amide bonds. The second-order valence-corrected chi connectivity index (χ2v) is 7.33. The highest BCUT2D eigenvalue weighted by Gasteiger charge is 2.21. The fraction of sp³-hybridized carbons (Fsp3) is 0.462. The van der Waals surface area contributed by atoms with Gasteiger partial charge in [-0.05, 0) is 39.3 Å². The summed E-state index contributed by atoms with van der Waals surface area (Å²) in [6.45, 7) is 7.66. The summed E-state index contributed by atoms with van der Waals surface area (Å²) in [5.41, 5.74) is 7.12. The average molecular weight is 283 g/mol. The van der Waals surface area contributed by atoms with Gasteiger partial charge in [0.15, 0.2) is 5.84 Å². The number of hydrogen-bond acceptors (Lipinski definition) is 3. The van der Waals surface area contributed by atoms with Gasteiger partial charge in [-0.1, -0.05) is 23.4 Å². The number of hydrogen-bond donors (Lipinski definition) is 3. The standard InChI is InChI=1S/C13H21N3O2S/c1-9(16-19(18)13(2,3)4)10-6-5-7-11(8-10)12(14)15-17/h5-9,16-17H,1-4H3,(H2,14,15)/t9?,19-/m0/s1. The van der Waals surface area contributed by atoms with Crippen molar-refractivity contribution in [2.45, 2.75) is 38.5 Å². The third-order valence-electron chi connectivity index (χ3n) is 2.63. The van der Waals surface area contributed by atoms with Crippen molar-refractivity contribution in [1.82, 2.24) is 4.72 Å². The Bertz CT molecular complexity index is 495. The third-order valence-corrected chi connectivity index (χ3v) is 4.31. The van der Waals surface area contributed by atoms with Crippen molar-refractivity contribution < 1.29 is 9.42 Å². The van der Waals surface area contributed by atoms with E-state index in [4.69, 9.17) is 10.9 Å². The van der Waals surface area contributed by atoms with Crippen LogP contribution in [0.5, 0.6) is 0 Å². The van der Waals surface area contributed by atoms with E-state index in [0.717, 1.165) is 5.56 Å². The number of benzene rings is 1. The van der Waals surface area contributed by atoms with Crippen molar-refractivity contribution in [2.75, 3.05) is 0 Å². The molecule has 0 aromatic heterocycles. The van der Waals surface area contributed by atoms with E-state index in [1.165, 1.54) is 0 Å². The van der Waals surface area contributed by atoms with E-state index >= 15 is 0 Å². The van der Waals surface area contributed by atoms with Gasteiger partial charge in [-0.25, -0.2) is 8.93 Å². The maximum atomic E-state index is 12.0. The number of nitrogens with two attached hydrogens (primary N) is 1. The zero-order valence-electron chi connectivity index (χ0n) is 11.7. The number of oxime groups is 1. The molecule has 1 rings (SSSR count). The fourth-order valence-electron chi connectivity index (χ4n) is 1.43. The molecular formula is C13H21N3O2S. The average Bonchev–Trinajstić information content (AvgIpc) is 2.36. The van der Waals surface area contributed by atoms with Gasteiger partial charge in [-0.2, -0.15) is 0 Å². The summed E-state index contributed by atoms with van der Waals surface area (Å²) in [6.07, 6.45) is 0. The van der Waals surface area contributed by atoms with Gasteiger partial charge in [0.2, 0.25) is 0 Å². The summed E-state index contributed by atoms with van der Waals surface area (Å²) >= 11 is 0. The molecule has 0 saturated carbocycles. The Hall–Kier alpha value is -1.40. The van der Waals surface area contributed by atoms with Crippen LogP contribution in [0.15, 0.2) is 29.4 Å². The first-order valence-electron chi connectivity index (χ1n) is 6.01. The van der Waals surface area contributed by atoms with Crippen LogP contribution in [0.4, 0.5) is 0 Å². The van der Waals surface area contributed by atoms with Gasteiger partial charge < -0.3 is 10.9 Å². The Balaban J connectivity index is 2.89. The Morgan fingerprint density at radius 2 is 2.11 bits per heavy atom. The number of rotatable bonds is 4. The largest absolute Gasteiger partial charge is 0.409 e. The molecule has 1 aromatic rings. The summed E-state index contributed by atoms with van der Waals surface area (Å²) in [6, 6.07) is 7.21. The minimum atomic E-state index is -1.15. The molecule has 0 radical (unpaired) electrons. The van der Waals surface area contributed by atoms with Crippen LogP contribution < -0.4 is 10.5 Å². The summed E-state index contributed by atoms with van der Waals surface area (Å²) in [4.78, 5) is 0. The predicted molar refractivity (Wildman–Crippen MR) is 78.4 cm³/mol. The lowest BCUT2D eigenvalue weighted by Crippen LogP contribution is -2.34. The summed E-state index contributed by atoms with van der Waals surface area (Å²) < 4.78 is 14.8. The minimum absolute atomic E-state index is 0.0611. The lowest BCUT2D eigenvalue weighted by molar-refractivity contribution is 0.318. The SMILES string of the molecule is CC(N[S@@](=O)C(C)(C)C)c1cccc(C(N)=NO)c1. The van der Waals surface area contributed by atoms with E-state index in [9.17, 15) is 4.21 Å². The van der Waals surface area contributed by atoms with Crippen molar-refractivity contribution in [2.24, 2.45) is 10.9 Å². The van der Waals surface area contributed by atoms with Crippen molar-refractivity contribution in [3.63, 3.8) is 0 Å². The molecule has 0 heterocycles. The van der Waals surface area contributed by atoms with E-state index in [2.05, 4.69) is 9.88 Å². The van der Waals surface area contributed by atoms with Crippen LogP contribution >= 0.6 is 0 Å². The van der Waals surface area contributed by atoms with E-state index in [0.29, 0.717) is 5.56 Å². The van der Waals surface area contributed by atoms with Crippen LogP contribution in [-0.2, 0) is 11.0 Å². The van der Waals surface area contributed by atoms with Crippen LogP contribution in [0.2, 0.25) is 0 Å². The zero-order chi connectivity index (χ0) is 14.6. The van der Waals surface area contributed by atoms with Gasteiger partial charge in [0.1, 0.15) is 0 Å². The first-order valence-corrected chi connectivity index (χ1v) is 7.16. The highest BCUT2D eigenvalue weighted by atomic mass is 32.2. The molecular weight excluding hydrogens is 262 g/mol. The van der Waals surface area contributed by atoms with E-state index in [-0.39, 0.29) is 16.6 Å². The predicted octanol–water partition coefficient (Wildman–Crippen LogP) is 1.89. The van der Waals surface area contributed by atoms with Gasteiger partial charge in [-0.15, -0.1) is 0 Å². The highest BCUT2D eigenvalue weighted by Crippen LogP contribution is 2.18. The van der Waals surface area contributed by atoms with Crippen LogP contribution in [0.25, 0.3) is 0 Å². The Morgan fingerprint density at radius 1 is 1.47 bits per heavy atom. The molecule has 0 aliphatic heterocycles. The van der Waals surface area contributed by atoms with Crippen molar-refractivity contribution >= 4 is 16.8 Å². The molecule has 0 spiro atoms. The van der Waals surface area contributed by atoms with Crippen molar-refractivity contribution in [3.05, 3.63) is 35.4 Å². The van der Waals surface area contributed by atoms with Crippen molar-refractivity contribution in [1.29, 1.82) is 0 Å². The molecule has 0 bridgehead atoms. The van der Waals surface area contributed by atoms with Gasteiger partial charge in [0.25, 0.3) is 0 Å². The first-order chi connectivity index (χ1) is 8.75. The van der Waals surface area contributed by atoms with E-state index in [1.54, 1.807) is 6.07 Å². The van der Waals surface area contributed by atoms with Gasteiger partial charge in [0.05, 0.1) is 15.7 Å². The molecule has 1 unspecified atom stereocenters. The maximum absolute atomic E-state index is 12.0. The van der Waals surface area contributed by atoms with Gasteiger partial charge >= 0.3 is 0 Å². The Morgan fingerprint density at radius 3 is 2.63 bits per heavy atom. The second kappa shape index (κ2) is 6.16. The third kappa shape index (κ3) is 4.33. The molecule has 0 fully saturated rings. The zero-order valence-corrected chi connectivity index (χ0v) is 12.5. The lowest BCUT2D eigenvalue weighted by atomic mass is 10.1. The molecule has 1 aromatic carbocycles. The molecule has 4 N–H and O–H groups in total. The van der Waals surface area contributed by atoms with Gasteiger partial charge in [-0.3, -0.25) is 0 Å². The fourth-order valence-corrected chi connectivity index (χ4v) is 2.24.